The molecule has 0 amide bonds. The molecule has 62 valence electrons. The summed E-state index contributed by atoms with van der Waals surface area (Å²) in [5, 5.41) is 9.98. The number of nitrogens with zero attached hydrogens (tertiary/aromatic N) is 1. The fourth-order valence-electron chi connectivity index (χ4n) is 1.47. The molecular weight excluding hydrogens is 140 g/mol. The van der Waals surface area contributed by atoms with Gasteiger partial charge in [0.25, 0.3) is 0 Å². The van der Waals surface area contributed by atoms with Crippen LogP contribution in [0.5, 0.6) is 0 Å². The lowest BCUT2D eigenvalue weighted by molar-refractivity contribution is 0.324. The number of likely N-dealkylation sites (N-methyl/N-ethyl adjacent to an activating group) is 1. The van der Waals surface area contributed by atoms with Gasteiger partial charge >= 0.3 is 0 Å². The van der Waals surface area contributed by atoms with E-state index in [0.29, 0.717) is 0 Å². The highest BCUT2D eigenvalue weighted by atomic mass is 15.3. The first-order chi connectivity index (χ1) is 5.38. The summed E-state index contributed by atoms with van der Waals surface area (Å²) in [6.07, 6.45) is 0. The molecule has 0 aromatic heterocycles. The lowest BCUT2D eigenvalue weighted by Gasteiger charge is -2.35. The molecule has 0 atom stereocenters. The van der Waals surface area contributed by atoms with E-state index in [0.717, 1.165) is 32.0 Å². The average molecular weight is 154 g/mol. The molecular formula is C7H14N4. The molecule has 2 aliphatic heterocycles. The Morgan fingerprint density at radius 3 is 2.64 bits per heavy atom. The number of hydrogen-bond donors (Lipinski definition) is 3. The standard InChI is InChI=1S/C7H14N4/c1-11-5-4-9-6-7(11)10-3-2-8-6/h8-10H,2-5H2,1H3. The van der Waals surface area contributed by atoms with Gasteiger partial charge in [-0.2, -0.15) is 0 Å². The van der Waals surface area contributed by atoms with E-state index in [1.165, 1.54) is 5.82 Å². The maximum absolute atomic E-state index is 3.35. The van der Waals surface area contributed by atoms with E-state index in [1.807, 2.05) is 0 Å². The van der Waals surface area contributed by atoms with Crippen molar-refractivity contribution in [3.8, 4) is 0 Å². The summed E-state index contributed by atoms with van der Waals surface area (Å²) in [5.41, 5.74) is 0. The van der Waals surface area contributed by atoms with Crippen LogP contribution in [0.3, 0.4) is 0 Å². The van der Waals surface area contributed by atoms with Crippen molar-refractivity contribution in [2.45, 2.75) is 0 Å². The second-order valence-electron chi connectivity index (χ2n) is 2.93. The van der Waals surface area contributed by atoms with Gasteiger partial charge in [-0.3, -0.25) is 0 Å². The minimum absolute atomic E-state index is 1.01. The first-order valence-corrected chi connectivity index (χ1v) is 4.05. The lowest BCUT2D eigenvalue weighted by Crippen LogP contribution is -2.51. The second kappa shape index (κ2) is 2.53. The summed E-state index contributed by atoms with van der Waals surface area (Å²) < 4.78 is 0. The third-order valence-electron chi connectivity index (χ3n) is 2.09. The Hall–Kier alpha value is -1.06. The Kier molecular flexibility index (Phi) is 1.52. The van der Waals surface area contributed by atoms with Crippen molar-refractivity contribution in [3.05, 3.63) is 11.6 Å². The third-order valence-corrected chi connectivity index (χ3v) is 2.09. The predicted octanol–water partition coefficient (Wildman–Crippen LogP) is -1.16. The highest BCUT2D eigenvalue weighted by Gasteiger charge is 2.18. The van der Waals surface area contributed by atoms with Crippen LogP contribution in [0, 0.1) is 0 Å². The maximum atomic E-state index is 3.35. The molecule has 0 aromatic carbocycles. The van der Waals surface area contributed by atoms with Crippen LogP contribution in [0.15, 0.2) is 11.6 Å². The molecule has 0 aromatic rings. The van der Waals surface area contributed by atoms with Crippen LogP contribution in [0.25, 0.3) is 0 Å². The van der Waals surface area contributed by atoms with Crippen molar-refractivity contribution in [2.75, 3.05) is 33.2 Å². The Balaban J connectivity index is 2.21. The van der Waals surface area contributed by atoms with Gasteiger partial charge in [0.15, 0.2) is 0 Å². The zero-order valence-electron chi connectivity index (χ0n) is 6.78. The van der Waals surface area contributed by atoms with Crippen LogP contribution in [-0.2, 0) is 0 Å². The minimum Gasteiger partial charge on any atom is -0.367 e. The molecule has 0 bridgehead atoms. The van der Waals surface area contributed by atoms with Crippen molar-refractivity contribution in [1.82, 2.24) is 20.9 Å². The van der Waals surface area contributed by atoms with E-state index in [9.17, 15) is 0 Å². The maximum Gasteiger partial charge on any atom is 0.142 e. The zero-order chi connectivity index (χ0) is 7.68. The first-order valence-electron chi connectivity index (χ1n) is 4.05. The molecule has 3 N–H and O–H groups in total. The normalized spacial score (nSPS) is 23.2. The van der Waals surface area contributed by atoms with Crippen LogP contribution < -0.4 is 16.0 Å². The van der Waals surface area contributed by atoms with Gasteiger partial charge in [0.2, 0.25) is 0 Å². The molecule has 0 aliphatic carbocycles. The molecule has 0 unspecified atom stereocenters. The second-order valence-corrected chi connectivity index (χ2v) is 2.93. The van der Waals surface area contributed by atoms with Gasteiger partial charge in [0.1, 0.15) is 11.6 Å². The summed E-state index contributed by atoms with van der Waals surface area (Å²) in [7, 11) is 2.11. The van der Waals surface area contributed by atoms with E-state index >= 15 is 0 Å². The van der Waals surface area contributed by atoms with Crippen molar-refractivity contribution in [2.24, 2.45) is 0 Å². The van der Waals surface area contributed by atoms with Crippen LogP contribution in [-0.4, -0.2) is 38.1 Å². The van der Waals surface area contributed by atoms with Crippen LogP contribution in [0.2, 0.25) is 0 Å². The Bertz CT molecular complexity index is 183. The summed E-state index contributed by atoms with van der Waals surface area (Å²) in [6.45, 7) is 4.14. The fraction of sp³-hybridized carbons (Fsp3) is 0.714. The molecule has 0 saturated carbocycles. The van der Waals surface area contributed by atoms with Crippen molar-refractivity contribution in [3.63, 3.8) is 0 Å². The minimum atomic E-state index is 1.01. The third kappa shape index (κ3) is 1.08. The smallest absolute Gasteiger partial charge is 0.142 e. The molecule has 0 radical (unpaired) electrons. The van der Waals surface area contributed by atoms with Crippen molar-refractivity contribution >= 4 is 0 Å². The summed E-state index contributed by atoms with van der Waals surface area (Å²) in [5.74, 6) is 2.37. The summed E-state index contributed by atoms with van der Waals surface area (Å²) >= 11 is 0. The topological polar surface area (TPSA) is 39.3 Å². The van der Waals surface area contributed by atoms with Gasteiger partial charge in [0, 0.05) is 33.2 Å². The highest BCUT2D eigenvalue weighted by Crippen LogP contribution is 2.06. The van der Waals surface area contributed by atoms with E-state index in [4.69, 9.17) is 0 Å². The van der Waals surface area contributed by atoms with Crippen molar-refractivity contribution in [1.29, 1.82) is 0 Å². The van der Waals surface area contributed by atoms with Crippen molar-refractivity contribution < 1.29 is 0 Å². The van der Waals surface area contributed by atoms with Crippen LogP contribution in [0.4, 0.5) is 0 Å². The number of nitrogens with one attached hydrogen (secondary N) is 3. The predicted molar refractivity (Wildman–Crippen MR) is 43.7 cm³/mol. The van der Waals surface area contributed by atoms with Crippen LogP contribution >= 0.6 is 0 Å². The molecule has 2 rings (SSSR count). The average Bonchev–Trinajstić information content (AvgIpc) is 2.06. The van der Waals surface area contributed by atoms with Gasteiger partial charge < -0.3 is 20.9 Å². The summed E-state index contributed by atoms with van der Waals surface area (Å²) in [6, 6.07) is 0. The largest absolute Gasteiger partial charge is 0.367 e. The molecule has 0 spiro atoms. The van der Waals surface area contributed by atoms with E-state index < -0.39 is 0 Å². The van der Waals surface area contributed by atoms with E-state index in [1.54, 1.807) is 0 Å². The monoisotopic (exact) mass is 154 g/mol. The molecule has 2 aliphatic rings. The molecule has 2 heterocycles. The molecule has 4 nitrogen and oxygen atoms in total. The van der Waals surface area contributed by atoms with Gasteiger partial charge in [-0.15, -0.1) is 0 Å². The zero-order valence-corrected chi connectivity index (χ0v) is 6.78. The van der Waals surface area contributed by atoms with Gasteiger partial charge in [0.05, 0.1) is 0 Å². The number of hydrogen-bond acceptors (Lipinski definition) is 4. The van der Waals surface area contributed by atoms with Gasteiger partial charge in [-0.25, -0.2) is 0 Å². The first kappa shape index (κ1) is 6.64. The fourth-order valence-corrected chi connectivity index (χ4v) is 1.47. The van der Waals surface area contributed by atoms with Crippen LogP contribution in [0.1, 0.15) is 0 Å². The molecule has 11 heavy (non-hydrogen) atoms. The number of rotatable bonds is 0. The summed E-state index contributed by atoms with van der Waals surface area (Å²) in [4.78, 5) is 2.23. The molecule has 4 heteroatoms. The van der Waals surface area contributed by atoms with Gasteiger partial charge in [-0.05, 0) is 0 Å². The molecule has 0 saturated heterocycles. The van der Waals surface area contributed by atoms with Gasteiger partial charge in [-0.1, -0.05) is 0 Å². The quantitative estimate of drug-likeness (QED) is 0.411. The highest BCUT2D eigenvalue weighted by molar-refractivity contribution is 5.13. The van der Waals surface area contributed by atoms with E-state index in [2.05, 4.69) is 27.9 Å². The SMILES string of the molecule is CN1CCNC2=C1NCCN2. The lowest BCUT2D eigenvalue weighted by atomic mass is 10.3. The Morgan fingerprint density at radius 2 is 1.82 bits per heavy atom. The van der Waals surface area contributed by atoms with E-state index in [-0.39, 0.29) is 0 Å². The Labute approximate surface area is 66.6 Å². The molecule has 0 fully saturated rings. The Morgan fingerprint density at radius 1 is 1.09 bits per heavy atom.